The van der Waals surface area contributed by atoms with E-state index in [1.54, 1.807) is 0 Å². The van der Waals surface area contributed by atoms with E-state index in [1.165, 1.54) is 22.5 Å². The molecule has 170 valence electrons. The van der Waals surface area contributed by atoms with Crippen molar-refractivity contribution in [2.45, 2.75) is 18.4 Å². The predicted molar refractivity (Wildman–Crippen MR) is 121 cm³/mol. The van der Waals surface area contributed by atoms with E-state index in [4.69, 9.17) is 32.5 Å². The highest BCUT2D eigenvalue weighted by Gasteiger charge is 2.29. The topological polar surface area (TPSA) is 88.8 Å². The van der Waals surface area contributed by atoms with Crippen molar-refractivity contribution in [2.75, 3.05) is 32.8 Å². The minimum atomic E-state index is -3.64. The van der Waals surface area contributed by atoms with Crippen LogP contribution in [0.1, 0.15) is 12.8 Å². The summed E-state index contributed by atoms with van der Waals surface area (Å²) in [5, 5.41) is 4.61. The summed E-state index contributed by atoms with van der Waals surface area (Å²) in [6.45, 7) is 4.65. The van der Waals surface area contributed by atoms with Gasteiger partial charge in [-0.1, -0.05) is 40.5 Å². The summed E-state index contributed by atoms with van der Waals surface area (Å²) in [6, 6.07) is 11.9. The Morgan fingerprint density at radius 3 is 2.53 bits per heavy atom. The van der Waals surface area contributed by atoms with E-state index in [0.29, 0.717) is 61.8 Å². The highest BCUT2D eigenvalue weighted by Crippen LogP contribution is 2.29. The van der Waals surface area contributed by atoms with Gasteiger partial charge in [0.1, 0.15) is 5.75 Å². The van der Waals surface area contributed by atoms with E-state index < -0.39 is 10.0 Å². The minimum absolute atomic E-state index is 0.134. The van der Waals surface area contributed by atoms with Crippen LogP contribution in [0.3, 0.4) is 0 Å². The van der Waals surface area contributed by atoms with Crippen molar-refractivity contribution in [3.05, 3.63) is 58.4 Å². The van der Waals surface area contributed by atoms with Crippen LogP contribution in [-0.4, -0.2) is 60.5 Å². The van der Waals surface area contributed by atoms with E-state index in [-0.39, 0.29) is 9.92 Å². The highest BCUT2D eigenvalue weighted by molar-refractivity contribution is 7.89. The highest BCUT2D eigenvalue weighted by atomic mass is 35.5. The summed E-state index contributed by atoms with van der Waals surface area (Å²) in [6.07, 6.45) is 0. The van der Waals surface area contributed by atoms with E-state index >= 15 is 0 Å². The van der Waals surface area contributed by atoms with Crippen molar-refractivity contribution >= 4 is 33.2 Å². The summed E-state index contributed by atoms with van der Waals surface area (Å²) in [7, 11) is -3.64. The lowest BCUT2D eigenvalue weighted by molar-refractivity contribution is 0.163. The number of para-hydroxylation sites is 1. The van der Waals surface area contributed by atoms with Gasteiger partial charge in [-0.25, -0.2) is 8.42 Å². The first-order chi connectivity index (χ1) is 15.4. The van der Waals surface area contributed by atoms with Gasteiger partial charge >= 0.3 is 0 Å². The molecule has 1 aliphatic heterocycles. The maximum absolute atomic E-state index is 12.9. The zero-order valence-corrected chi connectivity index (χ0v) is 19.7. The number of hydrogen-bond donors (Lipinski definition) is 0. The third kappa shape index (κ3) is 4.92. The Bertz CT molecular complexity index is 1190. The van der Waals surface area contributed by atoms with E-state index in [0.717, 1.165) is 5.56 Å². The number of benzene rings is 2. The van der Waals surface area contributed by atoms with Crippen LogP contribution >= 0.6 is 23.2 Å². The first-order valence-corrected chi connectivity index (χ1v) is 12.3. The molecule has 0 N–H and O–H groups in total. The largest absolute Gasteiger partial charge is 0.493 e. The van der Waals surface area contributed by atoms with Crippen LogP contribution in [0.25, 0.3) is 11.4 Å². The number of hydrogen-bond acceptors (Lipinski definition) is 7. The number of aromatic nitrogens is 2. The van der Waals surface area contributed by atoms with Gasteiger partial charge in [0, 0.05) is 26.2 Å². The van der Waals surface area contributed by atoms with Gasteiger partial charge in [-0.05, 0) is 37.3 Å². The molecule has 1 aliphatic rings. The minimum Gasteiger partial charge on any atom is -0.493 e. The lowest BCUT2D eigenvalue weighted by atomic mass is 10.2. The average molecular weight is 497 g/mol. The molecular formula is C21H22Cl2N4O4S. The van der Waals surface area contributed by atoms with Crippen molar-refractivity contribution in [2.24, 2.45) is 0 Å². The standard InChI is InChI=1S/C21H22Cl2N4O4S/c1-2-30-19-6-4-3-5-16(19)21-24-20(31-25-21)14-26-9-11-27(12-10-26)32(28,29)15-7-8-17(22)18(23)13-15/h3-8,13H,2,9-12,14H2,1H3. The quantitative estimate of drug-likeness (QED) is 0.489. The van der Waals surface area contributed by atoms with Gasteiger partial charge in [0.25, 0.3) is 0 Å². The number of sulfonamides is 1. The lowest BCUT2D eigenvalue weighted by Gasteiger charge is -2.33. The van der Waals surface area contributed by atoms with Crippen LogP contribution in [-0.2, 0) is 16.6 Å². The zero-order chi connectivity index (χ0) is 22.7. The molecule has 0 aliphatic carbocycles. The van der Waals surface area contributed by atoms with Crippen LogP contribution in [0.2, 0.25) is 10.0 Å². The van der Waals surface area contributed by atoms with Gasteiger partial charge < -0.3 is 9.26 Å². The van der Waals surface area contributed by atoms with Crippen molar-refractivity contribution < 1.29 is 17.7 Å². The third-order valence-electron chi connectivity index (χ3n) is 5.11. The Morgan fingerprint density at radius 2 is 1.81 bits per heavy atom. The third-order valence-corrected chi connectivity index (χ3v) is 7.75. The predicted octanol–water partition coefficient (Wildman–Crippen LogP) is 3.95. The fourth-order valence-electron chi connectivity index (χ4n) is 3.47. The van der Waals surface area contributed by atoms with Crippen LogP contribution in [0.4, 0.5) is 0 Å². The summed E-state index contributed by atoms with van der Waals surface area (Å²) in [4.78, 5) is 6.70. The normalized spacial score (nSPS) is 15.7. The van der Waals surface area contributed by atoms with Gasteiger partial charge in [0.05, 0.1) is 33.7 Å². The second-order valence-electron chi connectivity index (χ2n) is 7.20. The number of ether oxygens (including phenoxy) is 1. The van der Waals surface area contributed by atoms with E-state index in [1.807, 2.05) is 31.2 Å². The molecular weight excluding hydrogens is 475 g/mol. The first kappa shape index (κ1) is 23.0. The van der Waals surface area contributed by atoms with Crippen LogP contribution < -0.4 is 4.74 Å². The van der Waals surface area contributed by atoms with E-state index in [2.05, 4.69) is 15.0 Å². The second-order valence-corrected chi connectivity index (χ2v) is 9.95. The molecule has 0 radical (unpaired) electrons. The molecule has 4 rings (SSSR count). The van der Waals surface area contributed by atoms with Gasteiger partial charge in [-0.3, -0.25) is 4.90 Å². The summed E-state index contributed by atoms with van der Waals surface area (Å²) >= 11 is 11.9. The number of nitrogens with zero attached hydrogens (tertiary/aromatic N) is 4. The number of halogens is 2. The molecule has 1 saturated heterocycles. The maximum atomic E-state index is 12.9. The molecule has 8 nitrogen and oxygen atoms in total. The van der Waals surface area contributed by atoms with Gasteiger partial charge in [-0.15, -0.1) is 0 Å². The molecule has 1 aromatic heterocycles. The van der Waals surface area contributed by atoms with Crippen LogP contribution in [0.15, 0.2) is 51.9 Å². The second kappa shape index (κ2) is 9.76. The maximum Gasteiger partial charge on any atom is 0.243 e. The van der Waals surface area contributed by atoms with Gasteiger partial charge in [0.15, 0.2) is 0 Å². The smallest absolute Gasteiger partial charge is 0.243 e. The molecule has 0 saturated carbocycles. The van der Waals surface area contributed by atoms with Crippen LogP contribution in [0, 0.1) is 0 Å². The zero-order valence-electron chi connectivity index (χ0n) is 17.4. The molecule has 0 atom stereocenters. The molecule has 1 fully saturated rings. The molecule has 3 aromatic rings. The molecule has 32 heavy (non-hydrogen) atoms. The van der Waals surface area contributed by atoms with Crippen molar-refractivity contribution in [3.63, 3.8) is 0 Å². The average Bonchev–Trinajstić information content (AvgIpc) is 3.25. The van der Waals surface area contributed by atoms with Gasteiger partial charge in [0.2, 0.25) is 21.7 Å². The molecule has 0 bridgehead atoms. The summed E-state index contributed by atoms with van der Waals surface area (Å²) in [5.74, 6) is 1.63. The first-order valence-electron chi connectivity index (χ1n) is 10.1. The fraction of sp³-hybridized carbons (Fsp3) is 0.333. The SMILES string of the molecule is CCOc1ccccc1-c1noc(CN2CCN(S(=O)(=O)c3ccc(Cl)c(Cl)c3)CC2)n1. The number of rotatable bonds is 7. The van der Waals surface area contributed by atoms with Crippen molar-refractivity contribution in [1.29, 1.82) is 0 Å². The van der Waals surface area contributed by atoms with E-state index in [9.17, 15) is 8.42 Å². The Morgan fingerprint density at radius 1 is 1.06 bits per heavy atom. The van der Waals surface area contributed by atoms with Crippen LogP contribution in [0.5, 0.6) is 5.75 Å². The molecule has 2 heterocycles. The Labute approximate surface area is 196 Å². The summed E-state index contributed by atoms with van der Waals surface area (Å²) in [5.41, 5.74) is 0.766. The molecule has 0 unspecified atom stereocenters. The Balaban J connectivity index is 1.39. The summed E-state index contributed by atoms with van der Waals surface area (Å²) < 4.78 is 38.3. The lowest BCUT2D eigenvalue weighted by Crippen LogP contribution is -2.48. The number of piperazine rings is 1. The van der Waals surface area contributed by atoms with Gasteiger partial charge in [-0.2, -0.15) is 9.29 Å². The molecule has 0 spiro atoms. The Hall–Kier alpha value is -2.17. The molecule has 2 aromatic carbocycles. The van der Waals surface area contributed by atoms with Crippen molar-refractivity contribution in [3.8, 4) is 17.1 Å². The van der Waals surface area contributed by atoms with Crippen molar-refractivity contribution in [1.82, 2.24) is 19.3 Å². The Kier molecular flexibility index (Phi) is 7.02. The molecule has 11 heteroatoms. The fourth-order valence-corrected chi connectivity index (χ4v) is 5.28. The molecule has 0 amide bonds. The monoisotopic (exact) mass is 496 g/mol.